The number of benzene rings is 1. The normalized spacial score (nSPS) is 13.8. The summed E-state index contributed by atoms with van der Waals surface area (Å²) in [7, 11) is 0. The van der Waals surface area contributed by atoms with Crippen molar-refractivity contribution in [1.29, 1.82) is 0 Å². The van der Waals surface area contributed by atoms with E-state index in [1.54, 1.807) is 6.92 Å². The highest BCUT2D eigenvalue weighted by Gasteiger charge is 2.28. The van der Waals surface area contributed by atoms with Crippen molar-refractivity contribution < 1.29 is 9.18 Å². The lowest BCUT2D eigenvalue weighted by Gasteiger charge is -2.28. The molecule has 6 heteroatoms. The molecule has 3 nitrogen and oxygen atoms in total. The molecule has 98 valence electrons. The van der Waals surface area contributed by atoms with Crippen LogP contribution in [0.3, 0.4) is 0 Å². The standard InChI is InChI=1S/C12H14ClFN2OS/c1-3-12(2,11(15)18)16-10(17)8-5-4-7(13)6-9(8)14/h4-6H,3H2,1-2H3,(H2,15,18)(H,16,17). The zero-order valence-electron chi connectivity index (χ0n) is 10.1. The van der Waals surface area contributed by atoms with Crippen molar-refractivity contribution in [2.75, 3.05) is 0 Å². The van der Waals surface area contributed by atoms with Crippen LogP contribution >= 0.6 is 23.8 Å². The van der Waals surface area contributed by atoms with Crippen LogP contribution in [0.1, 0.15) is 30.6 Å². The number of amides is 1. The number of hydrogen-bond acceptors (Lipinski definition) is 2. The van der Waals surface area contributed by atoms with E-state index in [1.165, 1.54) is 12.1 Å². The fourth-order valence-electron chi connectivity index (χ4n) is 1.32. The van der Waals surface area contributed by atoms with E-state index in [9.17, 15) is 9.18 Å². The highest BCUT2D eigenvalue weighted by atomic mass is 35.5. The molecule has 0 spiro atoms. The van der Waals surface area contributed by atoms with Gasteiger partial charge in [-0.2, -0.15) is 0 Å². The topological polar surface area (TPSA) is 55.1 Å². The molecule has 1 aromatic rings. The van der Waals surface area contributed by atoms with Gasteiger partial charge in [0.05, 0.1) is 16.1 Å². The van der Waals surface area contributed by atoms with Crippen LogP contribution in [0.15, 0.2) is 18.2 Å². The van der Waals surface area contributed by atoms with Crippen molar-refractivity contribution in [2.24, 2.45) is 5.73 Å². The summed E-state index contributed by atoms with van der Waals surface area (Å²) in [5.74, 6) is -1.25. The molecule has 1 amide bonds. The van der Waals surface area contributed by atoms with E-state index in [-0.39, 0.29) is 15.6 Å². The van der Waals surface area contributed by atoms with E-state index in [2.05, 4.69) is 5.32 Å². The van der Waals surface area contributed by atoms with E-state index >= 15 is 0 Å². The van der Waals surface area contributed by atoms with Crippen LogP contribution in [0.25, 0.3) is 0 Å². The fourth-order valence-corrected chi connectivity index (χ4v) is 1.67. The Balaban J connectivity index is 2.98. The number of carbonyl (C=O) groups excluding carboxylic acids is 1. The van der Waals surface area contributed by atoms with Crippen LogP contribution in [-0.2, 0) is 0 Å². The van der Waals surface area contributed by atoms with Gasteiger partial charge < -0.3 is 11.1 Å². The molecule has 3 N–H and O–H groups in total. The Morgan fingerprint density at radius 3 is 2.67 bits per heavy atom. The molecule has 0 aromatic heterocycles. The van der Waals surface area contributed by atoms with Gasteiger partial charge in [0, 0.05) is 5.02 Å². The van der Waals surface area contributed by atoms with Crippen molar-refractivity contribution in [2.45, 2.75) is 25.8 Å². The molecular weight excluding hydrogens is 275 g/mol. The van der Waals surface area contributed by atoms with Crippen molar-refractivity contribution >= 4 is 34.7 Å². The van der Waals surface area contributed by atoms with Crippen LogP contribution in [-0.4, -0.2) is 16.4 Å². The van der Waals surface area contributed by atoms with Gasteiger partial charge >= 0.3 is 0 Å². The monoisotopic (exact) mass is 288 g/mol. The van der Waals surface area contributed by atoms with Gasteiger partial charge in [0.2, 0.25) is 0 Å². The maximum atomic E-state index is 13.6. The summed E-state index contributed by atoms with van der Waals surface area (Å²) in [6.07, 6.45) is 0.517. The molecule has 1 rings (SSSR count). The van der Waals surface area contributed by atoms with Crippen LogP contribution in [0.5, 0.6) is 0 Å². The summed E-state index contributed by atoms with van der Waals surface area (Å²) >= 11 is 10.5. The van der Waals surface area contributed by atoms with Gasteiger partial charge in [0.15, 0.2) is 0 Å². The third-order valence-electron chi connectivity index (χ3n) is 2.82. The summed E-state index contributed by atoms with van der Waals surface area (Å²) in [6, 6.07) is 3.85. The quantitative estimate of drug-likeness (QED) is 0.838. The van der Waals surface area contributed by atoms with E-state index < -0.39 is 17.3 Å². The molecule has 0 radical (unpaired) electrons. The van der Waals surface area contributed by atoms with Crippen molar-refractivity contribution in [3.63, 3.8) is 0 Å². The second-order valence-electron chi connectivity index (χ2n) is 4.13. The highest BCUT2D eigenvalue weighted by Crippen LogP contribution is 2.16. The summed E-state index contributed by atoms with van der Waals surface area (Å²) in [5, 5.41) is 2.86. The Hall–Kier alpha value is -1.20. The summed E-state index contributed by atoms with van der Waals surface area (Å²) in [6.45, 7) is 3.53. The first-order valence-electron chi connectivity index (χ1n) is 5.37. The summed E-state index contributed by atoms with van der Waals surface area (Å²) in [4.78, 5) is 12.1. The second-order valence-corrected chi connectivity index (χ2v) is 5.00. The zero-order valence-corrected chi connectivity index (χ0v) is 11.7. The molecule has 0 saturated carbocycles. The third-order valence-corrected chi connectivity index (χ3v) is 3.50. The lowest BCUT2D eigenvalue weighted by molar-refractivity contribution is 0.0922. The molecule has 0 aliphatic heterocycles. The average molecular weight is 289 g/mol. The van der Waals surface area contributed by atoms with Gasteiger partial charge in [-0.15, -0.1) is 0 Å². The molecule has 0 bridgehead atoms. The number of hydrogen-bond donors (Lipinski definition) is 2. The summed E-state index contributed by atoms with van der Waals surface area (Å²) < 4.78 is 13.6. The number of nitrogens with two attached hydrogens (primary N) is 1. The first kappa shape index (κ1) is 14.9. The molecule has 0 aliphatic rings. The smallest absolute Gasteiger partial charge is 0.255 e. The van der Waals surface area contributed by atoms with E-state index in [0.29, 0.717) is 6.42 Å². The predicted molar refractivity (Wildman–Crippen MR) is 74.4 cm³/mol. The molecule has 0 aliphatic carbocycles. The van der Waals surface area contributed by atoms with Gasteiger partial charge in [-0.1, -0.05) is 30.7 Å². The second kappa shape index (κ2) is 5.63. The molecule has 1 atom stereocenters. The maximum absolute atomic E-state index is 13.6. The Morgan fingerprint density at radius 1 is 1.61 bits per heavy atom. The van der Waals surface area contributed by atoms with Gasteiger partial charge in [0.1, 0.15) is 5.82 Å². The molecule has 1 aromatic carbocycles. The van der Waals surface area contributed by atoms with Gasteiger partial charge in [-0.25, -0.2) is 4.39 Å². The maximum Gasteiger partial charge on any atom is 0.255 e. The fraction of sp³-hybridized carbons (Fsp3) is 0.333. The number of rotatable bonds is 4. The Kier molecular flexibility index (Phi) is 4.65. The molecule has 0 heterocycles. The lowest BCUT2D eigenvalue weighted by Crippen LogP contribution is -2.54. The van der Waals surface area contributed by atoms with Crippen molar-refractivity contribution in [3.8, 4) is 0 Å². The number of thiocarbonyl (C=S) groups is 1. The van der Waals surface area contributed by atoms with Crippen LogP contribution in [0.2, 0.25) is 5.02 Å². The Labute approximate surface area is 115 Å². The van der Waals surface area contributed by atoms with Crippen molar-refractivity contribution in [1.82, 2.24) is 5.32 Å². The first-order valence-corrected chi connectivity index (χ1v) is 6.16. The van der Waals surface area contributed by atoms with E-state index in [1.807, 2.05) is 6.92 Å². The minimum absolute atomic E-state index is 0.0877. The van der Waals surface area contributed by atoms with Crippen molar-refractivity contribution in [3.05, 3.63) is 34.6 Å². The minimum atomic E-state index is -0.835. The summed E-state index contributed by atoms with van der Waals surface area (Å²) in [5.41, 5.74) is 4.65. The van der Waals surface area contributed by atoms with E-state index in [4.69, 9.17) is 29.6 Å². The average Bonchev–Trinajstić information content (AvgIpc) is 2.28. The molecule has 1 unspecified atom stereocenters. The Morgan fingerprint density at radius 2 is 2.22 bits per heavy atom. The van der Waals surface area contributed by atoms with Gasteiger partial charge in [-0.05, 0) is 31.5 Å². The molecule has 0 fully saturated rings. The Bertz CT molecular complexity index is 495. The van der Waals surface area contributed by atoms with Crippen LogP contribution < -0.4 is 11.1 Å². The van der Waals surface area contributed by atoms with Gasteiger partial charge in [0.25, 0.3) is 5.91 Å². The largest absolute Gasteiger partial charge is 0.391 e. The number of carbonyl (C=O) groups is 1. The zero-order chi connectivity index (χ0) is 13.9. The van der Waals surface area contributed by atoms with Gasteiger partial charge in [-0.3, -0.25) is 4.79 Å². The first-order chi connectivity index (χ1) is 8.30. The molecule has 18 heavy (non-hydrogen) atoms. The highest BCUT2D eigenvalue weighted by molar-refractivity contribution is 7.80. The number of halogens is 2. The van der Waals surface area contributed by atoms with Crippen LogP contribution in [0, 0.1) is 5.82 Å². The lowest BCUT2D eigenvalue weighted by atomic mass is 9.98. The van der Waals surface area contributed by atoms with Crippen LogP contribution in [0.4, 0.5) is 4.39 Å². The van der Waals surface area contributed by atoms with E-state index in [0.717, 1.165) is 6.07 Å². The third kappa shape index (κ3) is 3.17. The predicted octanol–water partition coefficient (Wildman–Crippen LogP) is 2.66. The number of nitrogens with one attached hydrogen (secondary N) is 1. The molecule has 0 saturated heterocycles. The molecular formula is C12H14ClFN2OS. The SMILES string of the molecule is CCC(C)(NC(=O)c1ccc(Cl)cc1F)C(N)=S. The minimum Gasteiger partial charge on any atom is -0.391 e.